The molecule has 1 unspecified atom stereocenters. The molecule has 0 fully saturated rings. The first-order valence-corrected chi connectivity index (χ1v) is 4.93. The molecule has 0 spiro atoms. The predicted octanol–water partition coefficient (Wildman–Crippen LogP) is 1.08. The van der Waals surface area contributed by atoms with Crippen LogP contribution >= 0.6 is 24.0 Å². The fraction of sp³-hybridized carbons (Fsp3) is 0.429. The molecule has 5 heteroatoms. The Labute approximate surface area is 80.6 Å². The van der Waals surface area contributed by atoms with Crippen LogP contribution in [0.2, 0.25) is 0 Å². The minimum absolute atomic E-state index is 0.0493. The van der Waals surface area contributed by atoms with Gasteiger partial charge in [-0.1, -0.05) is 0 Å². The van der Waals surface area contributed by atoms with Crippen LogP contribution in [0.5, 0.6) is 0 Å². The number of nitrogens with zero attached hydrogens (tertiary/aromatic N) is 1. The lowest BCUT2D eigenvalue weighted by Gasteiger charge is -2.04. The predicted molar refractivity (Wildman–Crippen MR) is 52.4 cm³/mol. The summed E-state index contributed by atoms with van der Waals surface area (Å²) < 4.78 is 0. The quantitative estimate of drug-likeness (QED) is 0.720. The van der Waals surface area contributed by atoms with Gasteiger partial charge in [0.05, 0.1) is 17.3 Å². The molecule has 3 nitrogen and oxygen atoms in total. The van der Waals surface area contributed by atoms with Crippen LogP contribution in [-0.2, 0) is 11.3 Å². The fourth-order valence-corrected chi connectivity index (χ4v) is 1.28. The maximum absolute atomic E-state index is 11.0. The summed E-state index contributed by atoms with van der Waals surface area (Å²) in [5.74, 6) is -0.0493. The van der Waals surface area contributed by atoms with E-state index in [1.165, 1.54) is 11.3 Å². The van der Waals surface area contributed by atoms with Gasteiger partial charge in [0.1, 0.15) is 0 Å². The molecule has 1 heterocycles. The van der Waals surface area contributed by atoms with Crippen LogP contribution < -0.4 is 5.32 Å². The molecule has 0 saturated heterocycles. The van der Waals surface area contributed by atoms with Gasteiger partial charge in [0.2, 0.25) is 5.91 Å². The van der Waals surface area contributed by atoms with Crippen LogP contribution in [0.4, 0.5) is 0 Å². The average molecular weight is 202 g/mol. The Balaban J connectivity index is 2.32. The summed E-state index contributed by atoms with van der Waals surface area (Å²) in [6, 6.07) is 0. The van der Waals surface area contributed by atoms with Gasteiger partial charge in [-0.2, -0.15) is 12.6 Å². The number of nitrogens with one attached hydrogen (secondary N) is 1. The molecule has 1 rings (SSSR count). The van der Waals surface area contributed by atoms with E-state index < -0.39 is 0 Å². The van der Waals surface area contributed by atoms with Gasteiger partial charge in [0.25, 0.3) is 0 Å². The van der Waals surface area contributed by atoms with Crippen molar-refractivity contribution in [1.29, 1.82) is 0 Å². The number of thiol groups is 1. The summed E-state index contributed by atoms with van der Waals surface area (Å²) in [4.78, 5) is 16.0. The van der Waals surface area contributed by atoms with Crippen LogP contribution in [0.25, 0.3) is 0 Å². The molecule has 1 atom stereocenters. The zero-order chi connectivity index (χ0) is 8.97. The molecule has 1 aromatic rings. The number of amides is 1. The SMILES string of the molecule is CC(S)C(=O)NCc1cncs1. The molecular formula is C7H10N2OS2. The smallest absolute Gasteiger partial charge is 0.232 e. The largest absolute Gasteiger partial charge is 0.350 e. The summed E-state index contributed by atoms with van der Waals surface area (Å²) in [7, 11) is 0. The lowest BCUT2D eigenvalue weighted by atomic mass is 10.4. The van der Waals surface area contributed by atoms with Crippen molar-refractivity contribution in [2.75, 3.05) is 0 Å². The normalized spacial score (nSPS) is 12.5. The van der Waals surface area contributed by atoms with E-state index in [4.69, 9.17) is 0 Å². The number of carbonyl (C=O) groups excluding carboxylic acids is 1. The Morgan fingerprint density at radius 3 is 3.17 bits per heavy atom. The van der Waals surface area contributed by atoms with Crippen LogP contribution in [-0.4, -0.2) is 16.1 Å². The molecule has 0 aliphatic carbocycles. The van der Waals surface area contributed by atoms with E-state index in [-0.39, 0.29) is 11.2 Å². The van der Waals surface area contributed by atoms with E-state index in [0.717, 1.165) is 4.88 Å². The first-order chi connectivity index (χ1) is 5.70. The topological polar surface area (TPSA) is 42.0 Å². The summed E-state index contributed by atoms with van der Waals surface area (Å²) in [5.41, 5.74) is 1.74. The van der Waals surface area contributed by atoms with Gasteiger partial charge in [-0.05, 0) is 6.92 Å². The maximum atomic E-state index is 11.0. The molecule has 12 heavy (non-hydrogen) atoms. The monoisotopic (exact) mass is 202 g/mol. The number of thiazole rings is 1. The number of aromatic nitrogens is 1. The molecule has 1 amide bonds. The highest BCUT2D eigenvalue weighted by atomic mass is 32.1. The first kappa shape index (κ1) is 9.54. The van der Waals surface area contributed by atoms with Crippen LogP contribution in [0, 0.1) is 0 Å². The zero-order valence-electron chi connectivity index (χ0n) is 6.65. The summed E-state index contributed by atoms with van der Waals surface area (Å²) >= 11 is 5.53. The highest BCUT2D eigenvalue weighted by Crippen LogP contribution is 2.04. The van der Waals surface area contributed by atoms with Gasteiger partial charge in [0, 0.05) is 11.1 Å². The molecule has 0 aromatic carbocycles. The molecule has 1 N–H and O–H groups in total. The molecule has 0 saturated carbocycles. The zero-order valence-corrected chi connectivity index (χ0v) is 8.36. The first-order valence-electron chi connectivity index (χ1n) is 3.53. The third kappa shape index (κ3) is 2.83. The highest BCUT2D eigenvalue weighted by molar-refractivity contribution is 7.81. The summed E-state index contributed by atoms with van der Waals surface area (Å²) in [6.07, 6.45) is 1.74. The van der Waals surface area contributed by atoms with Crippen molar-refractivity contribution < 1.29 is 4.79 Å². The number of rotatable bonds is 3. The lowest BCUT2D eigenvalue weighted by Crippen LogP contribution is -2.28. The summed E-state index contributed by atoms with van der Waals surface area (Å²) in [5, 5.41) is 2.49. The molecule has 0 aliphatic heterocycles. The number of hydrogen-bond acceptors (Lipinski definition) is 4. The van der Waals surface area contributed by atoms with Crippen molar-refractivity contribution >= 4 is 29.9 Å². The van der Waals surface area contributed by atoms with Gasteiger partial charge >= 0.3 is 0 Å². The van der Waals surface area contributed by atoms with Gasteiger partial charge in [-0.15, -0.1) is 11.3 Å². The standard InChI is InChI=1S/C7H10N2OS2/c1-5(11)7(10)9-3-6-2-8-4-12-6/h2,4-5,11H,3H2,1H3,(H,9,10). The van der Waals surface area contributed by atoms with Crippen molar-refractivity contribution in [3.05, 3.63) is 16.6 Å². The molecule has 0 radical (unpaired) electrons. The van der Waals surface area contributed by atoms with E-state index in [9.17, 15) is 4.79 Å². The molecule has 66 valence electrons. The van der Waals surface area contributed by atoms with Gasteiger partial charge < -0.3 is 5.32 Å². The highest BCUT2D eigenvalue weighted by Gasteiger charge is 2.06. The summed E-state index contributed by atoms with van der Waals surface area (Å²) in [6.45, 7) is 2.29. The van der Waals surface area contributed by atoms with E-state index in [2.05, 4.69) is 22.9 Å². The molecule has 1 aromatic heterocycles. The van der Waals surface area contributed by atoms with Gasteiger partial charge in [-0.3, -0.25) is 9.78 Å². The van der Waals surface area contributed by atoms with Crippen molar-refractivity contribution in [3.8, 4) is 0 Å². The number of carbonyl (C=O) groups is 1. The Morgan fingerprint density at radius 1 is 1.92 bits per heavy atom. The third-order valence-corrected chi connectivity index (χ3v) is 2.31. The second-order valence-electron chi connectivity index (χ2n) is 2.36. The van der Waals surface area contributed by atoms with E-state index >= 15 is 0 Å². The maximum Gasteiger partial charge on any atom is 0.232 e. The lowest BCUT2D eigenvalue weighted by molar-refractivity contribution is -0.120. The van der Waals surface area contributed by atoms with E-state index in [1.54, 1.807) is 18.6 Å². The Morgan fingerprint density at radius 2 is 2.67 bits per heavy atom. The Kier molecular flexibility index (Phi) is 3.55. The van der Waals surface area contributed by atoms with Crippen molar-refractivity contribution in [3.63, 3.8) is 0 Å². The second kappa shape index (κ2) is 4.47. The Bertz CT molecular complexity index is 246. The molecular weight excluding hydrogens is 192 g/mol. The van der Waals surface area contributed by atoms with Gasteiger partial charge in [-0.25, -0.2) is 0 Å². The van der Waals surface area contributed by atoms with Crippen LogP contribution in [0.15, 0.2) is 11.7 Å². The van der Waals surface area contributed by atoms with Gasteiger partial charge in [0.15, 0.2) is 0 Å². The van der Waals surface area contributed by atoms with Crippen molar-refractivity contribution in [2.24, 2.45) is 0 Å². The van der Waals surface area contributed by atoms with E-state index in [0.29, 0.717) is 6.54 Å². The van der Waals surface area contributed by atoms with Crippen LogP contribution in [0.3, 0.4) is 0 Å². The minimum atomic E-state index is -0.252. The Hall–Kier alpha value is -0.550. The molecule has 0 aliphatic rings. The number of hydrogen-bond donors (Lipinski definition) is 2. The minimum Gasteiger partial charge on any atom is -0.350 e. The molecule has 0 bridgehead atoms. The van der Waals surface area contributed by atoms with Crippen molar-refractivity contribution in [1.82, 2.24) is 10.3 Å². The fourth-order valence-electron chi connectivity index (χ4n) is 0.651. The third-order valence-electron chi connectivity index (χ3n) is 1.30. The van der Waals surface area contributed by atoms with Crippen molar-refractivity contribution in [2.45, 2.75) is 18.7 Å². The van der Waals surface area contributed by atoms with E-state index in [1.807, 2.05) is 0 Å². The average Bonchev–Trinajstić information content (AvgIpc) is 2.51. The second-order valence-corrected chi connectivity index (χ2v) is 4.11. The van der Waals surface area contributed by atoms with Crippen LogP contribution in [0.1, 0.15) is 11.8 Å².